The molecule has 9 nitrogen and oxygen atoms in total. The highest BCUT2D eigenvalue weighted by Gasteiger charge is 2.41. The van der Waals surface area contributed by atoms with E-state index in [1.54, 1.807) is 24.4 Å². The zero-order valence-electron chi connectivity index (χ0n) is 20.5. The number of hydrogen-bond donors (Lipinski definition) is 2. The first-order valence-corrected chi connectivity index (χ1v) is 12.5. The largest absolute Gasteiger partial charge is 0.459 e. The van der Waals surface area contributed by atoms with E-state index in [0.29, 0.717) is 28.7 Å². The van der Waals surface area contributed by atoms with E-state index in [1.807, 2.05) is 60.4 Å². The van der Waals surface area contributed by atoms with Crippen LogP contribution in [-0.4, -0.2) is 32.4 Å². The molecule has 1 fully saturated rings. The van der Waals surface area contributed by atoms with Gasteiger partial charge >= 0.3 is 0 Å². The summed E-state index contributed by atoms with van der Waals surface area (Å²) in [5, 5.41) is 18.0. The smallest absolute Gasteiger partial charge is 0.270 e. The lowest BCUT2D eigenvalue weighted by molar-refractivity contribution is -0.384. The summed E-state index contributed by atoms with van der Waals surface area (Å²) in [6.07, 6.45) is 1.92. The molecule has 1 aliphatic rings. The molecule has 0 radical (unpaired) electrons. The fourth-order valence-electron chi connectivity index (χ4n) is 4.56. The molecule has 0 spiro atoms. The van der Waals surface area contributed by atoms with Crippen molar-refractivity contribution in [3.8, 4) is 11.3 Å². The van der Waals surface area contributed by atoms with Gasteiger partial charge < -0.3 is 20.0 Å². The third-order valence-corrected chi connectivity index (χ3v) is 6.69. The average Bonchev–Trinajstić information content (AvgIpc) is 3.52. The first-order chi connectivity index (χ1) is 18.4. The summed E-state index contributed by atoms with van der Waals surface area (Å²) >= 11 is 5.68. The van der Waals surface area contributed by atoms with Crippen LogP contribution in [0.1, 0.15) is 35.5 Å². The third kappa shape index (κ3) is 5.40. The second-order valence-corrected chi connectivity index (χ2v) is 9.38. The normalized spacial score (nSPS) is 16.8. The molecule has 0 unspecified atom stereocenters. The molecular formula is C28H25N5O4S. The minimum atomic E-state index is -0.437. The number of furan rings is 1. The van der Waals surface area contributed by atoms with Gasteiger partial charge in [0, 0.05) is 42.5 Å². The zero-order valence-corrected chi connectivity index (χ0v) is 21.4. The Labute approximate surface area is 224 Å². The van der Waals surface area contributed by atoms with Crippen LogP contribution in [0.3, 0.4) is 0 Å². The van der Waals surface area contributed by atoms with E-state index in [9.17, 15) is 14.9 Å². The second-order valence-electron chi connectivity index (χ2n) is 9.00. The van der Waals surface area contributed by atoms with Crippen molar-refractivity contribution in [3.63, 3.8) is 0 Å². The maximum Gasteiger partial charge on any atom is 0.270 e. The van der Waals surface area contributed by atoms with Crippen LogP contribution >= 0.6 is 12.2 Å². The molecule has 0 bridgehead atoms. The molecule has 1 aliphatic heterocycles. The monoisotopic (exact) mass is 527 g/mol. The Morgan fingerprint density at radius 1 is 1.13 bits per heavy atom. The van der Waals surface area contributed by atoms with Crippen LogP contribution in [-0.2, 0) is 4.79 Å². The SMILES string of the molecule is Cc1cccc(NC(=O)CCN2C(=S)N[C@H](c3ccccn3)[C@H]2c2ccc(-c3cccc([N+](=O)[O-])c3)o2)c1. The third-order valence-electron chi connectivity index (χ3n) is 6.34. The predicted molar refractivity (Wildman–Crippen MR) is 147 cm³/mol. The minimum absolute atomic E-state index is 0.0169. The number of anilines is 1. The molecule has 10 heteroatoms. The summed E-state index contributed by atoms with van der Waals surface area (Å²) in [7, 11) is 0. The van der Waals surface area contributed by atoms with Crippen LogP contribution < -0.4 is 10.6 Å². The summed E-state index contributed by atoms with van der Waals surface area (Å²) in [5.41, 5.74) is 3.16. The number of hydrogen-bond acceptors (Lipinski definition) is 6. The van der Waals surface area contributed by atoms with Gasteiger partial charge in [-0.2, -0.15) is 0 Å². The first-order valence-electron chi connectivity index (χ1n) is 12.1. The number of nitrogens with zero attached hydrogens (tertiary/aromatic N) is 3. The van der Waals surface area contributed by atoms with Gasteiger partial charge in [-0.3, -0.25) is 19.9 Å². The number of carbonyl (C=O) groups excluding carboxylic acids is 1. The van der Waals surface area contributed by atoms with Crippen LogP contribution in [0.5, 0.6) is 0 Å². The van der Waals surface area contributed by atoms with Gasteiger partial charge in [0.25, 0.3) is 5.69 Å². The van der Waals surface area contributed by atoms with Crippen molar-refractivity contribution in [3.05, 3.63) is 112 Å². The molecule has 5 rings (SSSR count). The van der Waals surface area contributed by atoms with Crippen LogP contribution in [0.25, 0.3) is 11.3 Å². The Morgan fingerprint density at radius 2 is 1.97 bits per heavy atom. The highest BCUT2D eigenvalue weighted by Crippen LogP contribution is 2.40. The van der Waals surface area contributed by atoms with E-state index in [0.717, 1.165) is 16.9 Å². The number of aromatic nitrogens is 1. The Morgan fingerprint density at radius 3 is 2.74 bits per heavy atom. The molecule has 4 aromatic rings. The molecule has 1 amide bonds. The van der Waals surface area contributed by atoms with E-state index >= 15 is 0 Å². The van der Waals surface area contributed by atoms with Crippen LogP contribution in [0.15, 0.2) is 89.5 Å². The molecule has 2 aromatic carbocycles. The van der Waals surface area contributed by atoms with Crippen LogP contribution in [0.4, 0.5) is 11.4 Å². The van der Waals surface area contributed by atoms with Gasteiger partial charge in [-0.05, 0) is 61.1 Å². The summed E-state index contributed by atoms with van der Waals surface area (Å²) in [6.45, 7) is 2.32. The maximum atomic E-state index is 12.8. The molecule has 1 saturated heterocycles. The molecule has 38 heavy (non-hydrogen) atoms. The van der Waals surface area contributed by atoms with Crippen LogP contribution in [0.2, 0.25) is 0 Å². The van der Waals surface area contributed by atoms with Gasteiger partial charge in [0.15, 0.2) is 5.11 Å². The number of rotatable bonds is 8. The van der Waals surface area contributed by atoms with Crippen molar-refractivity contribution in [2.75, 3.05) is 11.9 Å². The van der Waals surface area contributed by atoms with Gasteiger partial charge in [0.05, 0.1) is 16.7 Å². The van der Waals surface area contributed by atoms with Crippen molar-refractivity contribution in [1.29, 1.82) is 0 Å². The number of nitro groups is 1. The molecule has 192 valence electrons. The Kier molecular flexibility index (Phi) is 7.14. The topological polar surface area (TPSA) is 114 Å². The number of pyridine rings is 1. The molecule has 0 saturated carbocycles. The number of carbonyl (C=O) groups is 1. The number of benzene rings is 2. The average molecular weight is 528 g/mol. The number of thiocarbonyl (C=S) groups is 1. The quantitative estimate of drug-likeness (QED) is 0.174. The predicted octanol–water partition coefficient (Wildman–Crippen LogP) is 5.56. The maximum absolute atomic E-state index is 12.8. The molecule has 0 aliphatic carbocycles. The highest BCUT2D eigenvalue weighted by molar-refractivity contribution is 7.80. The van der Waals surface area contributed by atoms with Crippen molar-refractivity contribution in [2.24, 2.45) is 0 Å². The number of aryl methyl sites for hydroxylation is 1. The summed E-state index contributed by atoms with van der Waals surface area (Å²) in [4.78, 5) is 30.0. The van der Waals surface area contributed by atoms with E-state index < -0.39 is 4.92 Å². The summed E-state index contributed by atoms with van der Waals surface area (Å²) in [5.74, 6) is 0.974. The first kappa shape index (κ1) is 25.1. The number of nitro benzene ring substituents is 1. The standard InChI is InChI=1S/C28H25N5O4S/c1-18-6-4-8-20(16-18)30-25(34)13-15-32-27(26(31-28(32)38)22-10-2-3-14-29-22)24-12-11-23(37-24)19-7-5-9-21(17-19)33(35)36/h2-12,14,16-17,26-27H,13,15H2,1H3,(H,30,34)(H,31,38)/t26-,27-/m1/s1. The Balaban J connectivity index is 1.41. The van der Waals surface area contributed by atoms with E-state index in [-0.39, 0.29) is 30.1 Å². The van der Waals surface area contributed by atoms with Crippen LogP contribution in [0, 0.1) is 17.0 Å². The fourth-order valence-corrected chi connectivity index (χ4v) is 4.90. The second kappa shape index (κ2) is 10.8. The lowest BCUT2D eigenvalue weighted by Crippen LogP contribution is -2.32. The number of non-ortho nitro benzene ring substituents is 1. The van der Waals surface area contributed by atoms with E-state index in [2.05, 4.69) is 15.6 Å². The fraction of sp³-hybridized carbons (Fsp3) is 0.179. The zero-order chi connectivity index (χ0) is 26.6. The minimum Gasteiger partial charge on any atom is -0.459 e. The lowest BCUT2D eigenvalue weighted by atomic mass is 10.0. The summed E-state index contributed by atoms with van der Waals surface area (Å²) < 4.78 is 6.24. The molecule has 2 atom stereocenters. The molecule has 3 heterocycles. The van der Waals surface area contributed by atoms with Gasteiger partial charge in [-0.25, -0.2) is 0 Å². The molecular weight excluding hydrogens is 502 g/mol. The Hall–Kier alpha value is -4.57. The Bertz CT molecular complexity index is 1490. The molecule has 2 aromatic heterocycles. The number of nitrogens with one attached hydrogen (secondary N) is 2. The van der Waals surface area contributed by atoms with Crippen molar-refractivity contribution < 1.29 is 14.1 Å². The summed E-state index contributed by atoms with van der Waals surface area (Å²) in [6, 6.07) is 22.5. The van der Waals surface area contributed by atoms with Crippen molar-refractivity contribution in [1.82, 2.24) is 15.2 Å². The van der Waals surface area contributed by atoms with Gasteiger partial charge in [-0.15, -0.1) is 0 Å². The number of amides is 1. The van der Waals surface area contributed by atoms with Gasteiger partial charge in [0.1, 0.15) is 17.6 Å². The van der Waals surface area contributed by atoms with E-state index in [4.69, 9.17) is 16.6 Å². The van der Waals surface area contributed by atoms with Gasteiger partial charge in [-0.1, -0.05) is 30.3 Å². The van der Waals surface area contributed by atoms with Crippen molar-refractivity contribution in [2.45, 2.75) is 25.4 Å². The van der Waals surface area contributed by atoms with E-state index in [1.165, 1.54) is 12.1 Å². The highest BCUT2D eigenvalue weighted by atomic mass is 32.1. The van der Waals surface area contributed by atoms with Crippen molar-refractivity contribution >= 4 is 34.6 Å². The van der Waals surface area contributed by atoms with Gasteiger partial charge in [0.2, 0.25) is 5.91 Å². The molecule has 2 N–H and O–H groups in total. The lowest BCUT2D eigenvalue weighted by Gasteiger charge is -2.25.